The quantitative estimate of drug-likeness (QED) is 0.447. The first-order chi connectivity index (χ1) is 13.6. The van der Waals surface area contributed by atoms with Gasteiger partial charge in [0.1, 0.15) is 28.6 Å². The lowest BCUT2D eigenvalue weighted by molar-refractivity contribution is 0.457. The van der Waals surface area contributed by atoms with Crippen molar-refractivity contribution >= 4 is 28.3 Å². The van der Waals surface area contributed by atoms with Crippen LogP contribution >= 0.6 is 11.6 Å². The molecule has 28 heavy (non-hydrogen) atoms. The van der Waals surface area contributed by atoms with Crippen molar-refractivity contribution in [3.63, 3.8) is 0 Å². The summed E-state index contributed by atoms with van der Waals surface area (Å²) in [4.78, 5) is 12.8. The zero-order valence-electron chi connectivity index (χ0n) is 15.6. The minimum absolute atomic E-state index is 0.147. The second-order valence-electron chi connectivity index (χ2n) is 7.77. The number of aryl methyl sites for hydroxylation is 2. The normalized spacial score (nSPS) is 19.8. The summed E-state index contributed by atoms with van der Waals surface area (Å²) in [5.41, 5.74) is 3.42. The highest BCUT2D eigenvalue weighted by atomic mass is 35.5. The highest BCUT2D eigenvalue weighted by Crippen LogP contribution is 2.39. The Morgan fingerprint density at radius 1 is 1.25 bits per heavy atom. The van der Waals surface area contributed by atoms with E-state index in [-0.39, 0.29) is 5.82 Å². The van der Waals surface area contributed by atoms with Crippen molar-refractivity contribution in [2.45, 2.75) is 45.1 Å². The summed E-state index contributed by atoms with van der Waals surface area (Å²) in [5, 5.41) is 1.40. The second kappa shape index (κ2) is 6.85. The van der Waals surface area contributed by atoms with Gasteiger partial charge in [-0.05, 0) is 62.6 Å². The molecule has 0 N–H and O–H groups in total. The van der Waals surface area contributed by atoms with Crippen molar-refractivity contribution in [2.24, 2.45) is 5.92 Å². The van der Waals surface area contributed by atoms with Crippen molar-refractivity contribution in [1.82, 2.24) is 23.9 Å². The predicted molar refractivity (Wildman–Crippen MR) is 107 cm³/mol. The molecule has 4 aromatic heterocycles. The third-order valence-electron chi connectivity index (χ3n) is 6.05. The zero-order chi connectivity index (χ0) is 19.3. The first-order valence-corrected chi connectivity index (χ1v) is 10.1. The summed E-state index contributed by atoms with van der Waals surface area (Å²) < 4.78 is 18.5. The molecule has 1 aliphatic rings. The van der Waals surface area contributed by atoms with Crippen LogP contribution in [0.5, 0.6) is 0 Å². The van der Waals surface area contributed by atoms with Crippen molar-refractivity contribution in [3.8, 4) is 0 Å². The molecule has 4 aromatic rings. The maximum atomic E-state index is 14.5. The molecule has 0 aliphatic heterocycles. The van der Waals surface area contributed by atoms with E-state index < -0.39 is 0 Å². The third kappa shape index (κ3) is 2.96. The lowest BCUT2D eigenvalue weighted by Gasteiger charge is -2.14. The Morgan fingerprint density at radius 2 is 2.14 bits per heavy atom. The molecule has 1 fully saturated rings. The maximum Gasteiger partial charge on any atom is 0.145 e. The molecule has 7 heteroatoms. The second-order valence-corrected chi connectivity index (χ2v) is 8.13. The fraction of sp³-hybridized carbons (Fsp3) is 0.381. The number of halogens is 2. The summed E-state index contributed by atoms with van der Waals surface area (Å²) in [6, 6.07) is 4.28. The van der Waals surface area contributed by atoms with E-state index in [1.807, 2.05) is 19.1 Å². The molecule has 2 atom stereocenters. The minimum atomic E-state index is -0.147. The summed E-state index contributed by atoms with van der Waals surface area (Å²) >= 11 is 6.17. The van der Waals surface area contributed by atoms with Crippen LogP contribution in [0.25, 0.3) is 16.7 Å². The summed E-state index contributed by atoms with van der Waals surface area (Å²) in [7, 11) is 0. The van der Waals surface area contributed by atoms with Crippen molar-refractivity contribution < 1.29 is 4.39 Å². The maximum absolute atomic E-state index is 14.5. The molecule has 2 unspecified atom stereocenters. The molecule has 4 heterocycles. The van der Waals surface area contributed by atoms with Gasteiger partial charge in [0.05, 0.1) is 5.39 Å². The lowest BCUT2D eigenvalue weighted by Crippen LogP contribution is -2.06. The molecule has 5 nitrogen and oxygen atoms in total. The number of rotatable bonds is 4. The fourth-order valence-electron chi connectivity index (χ4n) is 4.51. The number of hydrogen-bond acceptors (Lipinski definition) is 3. The number of pyridine rings is 1. The van der Waals surface area contributed by atoms with E-state index in [0.717, 1.165) is 60.0 Å². The van der Waals surface area contributed by atoms with Gasteiger partial charge in [-0.15, -0.1) is 0 Å². The largest absolute Gasteiger partial charge is 0.329 e. The van der Waals surface area contributed by atoms with E-state index >= 15 is 0 Å². The molecule has 1 saturated carbocycles. The van der Waals surface area contributed by atoms with Crippen molar-refractivity contribution in [1.29, 1.82) is 0 Å². The molecular weight excluding hydrogens is 377 g/mol. The van der Waals surface area contributed by atoms with E-state index in [9.17, 15) is 4.39 Å². The van der Waals surface area contributed by atoms with Crippen LogP contribution in [-0.2, 0) is 6.42 Å². The van der Waals surface area contributed by atoms with Crippen LogP contribution in [0.4, 0.5) is 4.39 Å². The van der Waals surface area contributed by atoms with Gasteiger partial charge in [0, 0.05) is 30.3 Å². The van der Waals surface area contributed by atoms with E-state index in [2.05, 4.69) is 25.7 Å². The number of nitrogens with zero attached hydrogens (tertiary/aromatic N) is 5. The standard InChI is InChI=1S/C21H21ClFN5/c1-13-10-24-19-9-15(18(23)11-28(13)19)4-2-14-3-5-16(8-14)27-7-6-17-20(22)25-12-26-21(17)27/h6-7,9-12,14,16H,2-5,8H2,1H3. The van der Waals surface area contributed by atoms with Crippen LogP contribution in [0.2, 0.25) is 5.15 Å². The Morgan fingerprint density at radius 3 is 3.04 bits per heavy atom. The van der Waals surface area contributed by atoms with Crippen LogP contribution in [0.15, 0.2) is 37.1 Å². The van der Waals surface area contributed by atoms with E-state index in [0.29, 0.717) is 17.1 Å². The number of hydrogen-bond donors (Lipinski definition) is 0. The smallest absolute Gasteiger partial charge is 0.145 e. The van der Waals surface area contributed by atoms with Crippen LogP contribution in [0.3, 0.4) is 0 Å². The van der Waals surface area contributed by atoms with Gasteiger partial charge in [0.2, 0.25) is 0 Å². The van der Waals surface area contributed by atoms with Crippen LogP contribution in [0.1, 0.15) is 43.0 Å². The minimum Gasteiger partial charge on any atom is -0.329 e. The van der Waals surface area contributed by atoms with Gasteiger partial charge < -0.3 is 8.97 Å². The topological polar surface area (TPSA) is 48.0 Å². The highest BCUT2D eigenvalue weighted by molar-refractivity contribution is 6.33. The van der Waals surface area contributed by atoms with Gasteiger partial charge in [-0.1, -0.05) is 11.6 Å². The fourth-order valence-corrected chi connectivity index (χ4v) is 4.70. The van der Waals surface area contributed by atoms with Crippen molar-refractivity contribution in [3.05, 3.63) is 59.3 Å². The molecule has 0 radical (unpaired) electrons. The first-order valence-electron chi connectivity index (χ1n) is 9.69. The van der Waals surface area contributed by atoms with Gasteiger partial charge in [0.25, 0.3) is 0 Å². The molecular formula is C21H21ClFN5. The van der Waals surface area contributed by atoms with E-state index in [1.54, 1.807) is 16.8 Å². The molecule has 0 bridgehead atoms. The summed E-state index contributed by atoms with van der Waals surface area (Å²) in [5.74, 6) is 0.433. The van der Waals surface area contributed by atoms with Crippen LogP contribution in [-0.4, -0.2) is 23.9 Å². The Hall–Kier alpha value is -2.47. The zero-order valence-corrected chi connectivity index (χ0v) is 16.4. The molecule has 0 spiro atoms. The SMILES string of the molecule is Cc1cnc2cc(CCC3CCC(n4ccc5c(Cl)ncnc54)C3)c(F)cn12. The number of fused-ring (bicyclic) bond motifs is 2. The Labute approximate surface area is 167 Å². The van der Waals surface area contributed by atoms with Crippen LogP contribution in [0, 0.1) is 18.7 Å². The van der Waals surface area contributed by atoms with Crippen LogP contribution < -0.4 is 0 Å². The van der Waals surface area contributed by atoms with Gasteiger partial charge in [-0.2, -0.15) is 0 Å². The molecule has 144 valence electrons. The third-order valence-corrected chi connectivity index (χ3v) is 6.35. The van der Waals surface area contributed by atoms with Crippen molar-refractivity contribution in [2.75, 3.05) is 0 Å². The Kier molecular flexibility index (Phi) is 4.31. The molecule has 0 amide bonds. The Balaban J connectivity index is 1.29. The molecule has 1 aliphatic carbocycles. The number of imidazole rings is 1. The van der Waals surface area contributed by atoms with Gasteiger partial charge >= 0.3 is 0 Å². The summed E-state index contributed by atoms with van der Waals surface area (Å²) in [6.07, 6.45) is 12.0. The molecule has 0 saturated heterocycles. The van der Waals surface area contributed by atoms with E-state index in [4.69, 9.17) is 11.6 Å². The van der Waals surface area contributed by atoms with E-state index in [1.165, 1.54) is 6.33 Å². The first kappa shape index (κ1) is 17.6. The molecule has 5 rings (SSSR count). The highest BCUT2D eigenvalue weighted by Gasteiger charge is 2.27. The number of aromatic nitrogens is 5. The average molecular weight is 398 g/mol. The van der Waals surface area contributed by atoms with Gasteiger partial charge in [-0.3, -0.25) is 0 Å². The summed E-state index contributed by atoms with van der Waals surface area (Å²) in [6.45, 7) is 1.93. The monoisotopic (exact) mass is 397 g/mol. The average Bonchev–Trinajstić information content (AvgIpc) is 3.40. The Bertz CT molecular complexity index is 1160. The predicted octanol–water partition coefficient (Wildman–Crippen LogP) is 5.15. The lowest BCUT2D eigenvalue weighted by atomic mass is 9.98. The van der Waals surface area contributed by atoms with Gasteiger partial charge in [0.15, 0.2) is 0 Å². The van der Waals surface area contributed by atoms with Gasteiger partial charge in [-0.25, -0.2) is 19.3 Å². The molecule has 0 aromatic carbocycles.